The molecule has 1 atom stereocenters. The second-order valence-electron chi connectivity index (χ2n) is 9.33. The summed E-state index contributed by atoms with van der Waals surface area (Å²) in [5.41, 5.74) is 15.9. The van der Waals surface area contributed by atoms with Gasteiger partial charge in [0.25, 0.3) is 0 Å². The molecule has 39 heavy (non-hydrogen) atoms. The molecule has 0 aliphatic carbocycles. The molecule has 4 N–H and O–H groups in total. The van der Waals surface area contributed by atoms with Gasteiger partial charge in [0, 0.05) is 54.1 Å². The largest absolute Gasteiger partial charge is 0.493 e. The predicted molar refractivity (Wildman–Crippen MR) is 152 cm³/mol. The van der Waals surface area contributed by atoms with Gasteiger partial charge in [-0.25, -0.2) is 4.98 Å². The fourth-order valence-electron chi connectivity index (χ4n) is 4.53. The quantitative estimate of drug-likeness (QED) is 0.260. The maximum Gasteiger partial charge on any atom is 0.162 e. The van der Waals surface area contributed by atoms with E-state index in [0.29, 0.717) is 48.5 Å². The van der Waals surface area contributed by atoms with E-state index in [1.165, 1.54) is 0 Å². The van der Waals surface area contributed by atoms with Crippen LogP contribution in [0.5, 0.6) is 17.2 Å². The van der Waals surface area contributed by atoms with E-state index in [9.17, 15) is 0 Å². The van der Waals surface area contributed by atoms with Gasteiger partial charge in [0.05, 0.1) is 43.4 Å². The van der Waals surface area contributed by atoms with Gasteiger partial charge in [-0.1, -0.05) is 6.07 Å². The first kappa shape index (κ1) is 26.1. The highest BCUT2D eigenvalue weighted by atomic mass is 16.5. The molecule has 0 bridgehead atoms. The molecule has 200 valence electrons. The van der Waals surface area contributed by atoms with E-state index in [1.54, 1.807) is 39.0 Å². The van der Waals surface area contributed by atoms with Crippen LogP contribution < -0.4 is 25.7 Å². The molecule has 10 heteroatoms. The number of nitrogen functional groups attached to an aromatic ring is 1. The number of ether oxygens (including phenoxy) is 3. The van der Waals surface area contributed by atoms with Crippen LogP contribution >= 0.6 is 0 Å². The first-order valence-electron chi connectivity index (χ1n) is 12.5. The molecule has 0 aliphatic rings. The molecule has 0 saturated heterocycles. The third-order valence-corrected chi connectivity index (χ3v) is 6.39. The summed E-state index contributed by atoms with van der Waals surface area (Å²) < 4.78 is 16.9. The molecule has 0 radical (unpaired) electrons. The third kappa shape index (κ3) is 5.82. The summed E-state index contributed by atoms with van der Waals surface area (Å²) in [6.45, 7) is 1.70. The maximum absolute atomic E-state index is 6.37. The number of hydrogen-bond donors (Lipinski definition) is 2. The van der Waals surface area contributed by atoms with Gasteiger partial charge >= 0.3 is 0 Å². The SMILES string of the molecule is COc1cc2ncc3c(N)nc(-c4cncc(OC[C@@H](N)CN(C)Cc5ccccn5)c4)cc3c2cc1OC. The number of benzene rings is 1. The summed E-state index contributed by atoms with van der Waals surface area (Å²) in [5, 5.41) is 2.52. The van der Waals surface area contributed by atoms with Crippen LogP contribution in [0.2, 0.25) is 0 Å². The molecule has 0 saturated carbocycles. The normalized spacial score (nSPS) is 12.1. The lowest BCUT2D eigenvalue weighted by atomic mass is 10.0. The number of nitrogens with two attached hydrogens (primary N) is 2. The van der Waals surface area contributed by atoms with E-state index in [1.807, 2.05) is 49.5 Å². The molecular weight excluding hydrogens is 494 g/mol. The van der Waals surface area contributed by atoms with E-state index in [4.69, 9.17) is 25.7 Å². The summed E-state index contributed by atoms with van der Waals surface area (Å²) >= 11 is 0. The highest BCUT2D eigenvalue weighted by Crippen LogP contribution is 2.37. The van der Waals surface area contributed by atoms with Gasteiger partial charge in [0.2, 0.25) is 0 Å². The molecule has 0 fully saturated rings. The molecule has 4 heterocycles. The topological polar surface area (TPSA) is 135 Å². The molecule has 0 aliphatic heterocycles. The summed E-state index contributed by atoms with van der Waals surface area (Å²) in [4.78, 5) is 20.0. The van der Waals surface area contributed by atoms with Crippen LogP contribution in [0.15, 0.2) is 67.3 Å². The van der Waals surface area contributed by atoms with Gasteiger partial charge in [-0.05, 0) is 42.8 Å². The summed E-state index contributed by atoms with van der Waals surface area (Å²) in [5.74, 6) is 2.18. The molecule has 5 rings (SSSR count). The number of likely N-dealkylation sites (N-methyl/N-ethyl adjacent to an activating group) is 1. The Balaban J connectivity index is 1.36. The van der Waals surface area contributed by atoms with E-state index in [0.717, 1.165) is 32.9 Å². The predicted octanol–water partition coefficient (Wildman–Crippen LogP) is 3.68. The third-order valence-electron chi connectivity index (χ3n) is 6.39. The Bertz CT molecular complexity index is 1600. The zero-order valence-electron chi connectivity index (χ0n) is 22.2. The van der Waals surface area contributed by atoms with Crippen molar-refractivity contribution in [2.45, 2.75) is 12.6 Å². The number of methoxy groups -OCH3 is 2. The van der Waals surface area contributed by atoms with Crippen LogP contribution in [0.25, 0.3) is 32.9 Å². The van der Waals surface area contributed by atoms with Gasteiger partial charge in [0.1, 0.15) is 18.2 Å². The standard InChI is InChI=1S/C29H31N7O3/c1-36(16-20-6-4-5-7-33-20)15-19(30)17-39-21-8-18(12-32-13-21)25-9-22-23-10-27(37-2)28(38-3)11-26(23)34-14-24(22)29(31)35-25/h4-14,19H,15-17,30H2,1-3H3,(H2,31,35)/t19-/m0/s1. The lowest BCUT2D eigenvalue weighted by molar-refractivity contribution is 0.231. The number of aromatic nitrogens is 4. The lowest BCUT2D eigenvalue weighted by Gasteiger charge is -2.21. The van der Waals surface area contributed by atoms with E-state index >= 15 is 0 Å². The molecule has 10 nitrogen and oxygen atoms in total. The van der Waals surface area contributed by atoms with Crippen LogP contribution in [0.3, 0.4) is 0 Å². The highest BCUT2D eigenvalue weighted by Gasteiger charge is 2.14. The minimum Gasteiger partial charge on any atom is -0.493 e. The van der Waals surface area contributed by atoms with Gasteiger partial charge in [-0.2, -0.15) is 0 Å². The number of rotatable bonds is 10. The summed E-state index contributed by atoms with van der Waals surface area (Å²) in [6, 6.07) is 13.3. The first-order valence-corrected chi connectivity index (χ1v) is 12.5. The zero-order valence-corrected chi connectivity index (χ0v) is 22.2. The van der Waals surface area contributed by atoms with Crippen molar-refractivity contribution >= 4 is 27.5 Å². The Hall–Kier alpha value is -4.54. The van der Waals surface area contributed by atoms with Crippen molar-refractivity contribution in [3.63, 3.8) is 0 Å². The van der Waals surface area contributed by atoms with Crippen molar-refractivity contribution in [1.82, 2.24) is 24.8 Å². The monoisotopic (exact) mass is 525 g/mol. The molecular formula is C29H31N7O3. The smallest absolute Gasteiger partial charge is 0.162 e. The number of anilines is 1. The first-order chi connectivity index (χ1) is 18.9. The zero-order chi connectivity index (χ0) is 27.4. The Morgan fingerprint density at radius 1 is 0.923 bits per heavy atom. The van der Waals surface area contributed by atoms with Crippen LogP contribution in [0, 0.1) is 0 Å². The van der Waals surface area contributed by atoms with Crippen LogP contribution in [-0.4, -0.2) is 65.3 Å². The van der Waals surface area contributed by atoms with Crippen molar-refractivity contribution in [3.8, 4) is 28.5 Å². The number of pyridine rings is 4. The highest BCUT2D eigenvalue weighted by molar-refractivity contribution is 6.10. The lowest BCUT2D eigenvalue weighted by Crippen LogP contribution is -2.39. The van der Waals surface area contributed by atoms with Gasteiger partial charge in [0.15, 0.2) is 11.5 Å². The Labute approximate surface area is 226 Å². The minimum absolute atomic E-state index is 0.192. The number of fused-ring (bicyclic) bond motifs is 3. The van der Waals surface area contributed by atoms with Crippen molar-refractivity contribution in [2.24, 2.45) is 5.73 Å². The second-order valence-corrected chi connectivity index (χ2v) is 9.33. The van der Waals surface area contributed by atoms with Crippen molar-refractivity contribution in [3.05, 3.63) is 72.9 Å². The van der Waals surface area contributed by atoms with E-state index < -0.39 is 0 Å². The molecule has 1 aromatic carbocycles. The fourth-order valence-corrected chi connectivity index (χ4v) is 4.53. The number of hydrogen-bond acceptors (Lipinski definition) is 10. The Kier molecular flexibility index (Phi) is 7.67. The van der Waals surface area contributed by atoms with E-state index in [2.05, 4.69) is 24.8 Å². The minimum atomic E-state index is -0.192. The summed E-state index contributed by atoms with van der Waals surface area (Å²) in [7, 11) is 5.21. The number of nitrogens with zero attached hydrogens (tertiary/aromatic N) is 5. The van der Waals surface area contributed by atoms with E-state index in [-0.39, 0.29) is 6.04 Å². The molecule has 0 spiro atoms. The van der Waals surface area contributed by atoms with Crippen molar-refractivity contribution in [1.29, 1.82) is 0 Å². The van der Waals surface area contributed by atoms with Crippen LogP contribution in [0.4, 0.5) is 5.82 Å². The maximum atomic E-state index is 6.37. The fraction of sp³-hybridized carbons (Fsp3) is 0.241. The van der Waals surface area contributed by atoms with Crippen molar-refractivity contribution in [2.75, 3.05) is 40.2 Å². The Morgan fingerprint density at radius 3 is 2.51 bits per heavy atom. The average molecular weight is 526 g/mol. The summed E-state index contributed by atoms with van der Waals surface area (Å²) in [6.07, 6.45) is 6.90. The molecule has 4 aromatic heterocycles. The van der Waals surface area contributed by atoms with Crippen LogP contribution in [-0.2, 0) is 6.54 Å². The molecule has 5 aromatic rings. The second kappa shape index (κ2) is 11.5. The van der Waals surface area contributed by atoms with Gasteiger partial charge in [-0.15, -0.1) is 0 Å². The Morgan fingerprint density at radius 2 is 1.74 bits per heavy atom. The molecule has 0 amide bonds. The van der Waals surface area contributed by atoms with Crippen LogP contribution in [0.1, 0.15) is 5.69 Å². The van der Waals surface area contributed by atoms with Gasteiger partial charge < -0.3 is 25.7 Å². The van der Waals surface area contributed by atoms with Gasteiger partial charge in [-0.3, -0.25) is 19.9 Å². The average Bonchev–Trinajstić information content (AvgIpc) is 2.95. The molecule has 0 unspecified atom stereocenters. The van der Waals surface area contributed by atoms with Crippen molar-refractivity contribution < 1.29 is 14.2 Å².